The molecule has 0 bridgehead atoms. The van der Waals surface area contributed by atoms with Crippen LogP contribution in [0.2, 0.25) is 5.02 Å². The lowest BCUT2D eigenvalue weighted by molar-refractivity contribution is 0.302. The van der Waals surface area contributed by atoms with E-state index in [1.165, 1.54) is 43.1 Å². The second kappa shape index (κ2) is 4.84. The van der Waals surface area contributed by atoms with Crippen molar-refractivity contribution >= 4 is 22.5 Å². The molecule has 0 amide bonds. The van der Waals surface area contributed by atoms with Crippen LogP contribution < -0.4 is 5.73 Å². The summed E-state index contributed by atoms with van der Waals surface area (Å²) in [4.78, 5) is 0. The molecule has 19 heavy (non-hydrogen) atoms. The molecule has 1 aliphatic carbocycles. The molecule has 1 aromatic heterocycles. The smallest absolute Gasteiger partial charge is 0.0670 e. The molecule has 2 N–H and O–H groups in total. The first-order valence-corrected chi connectivity index (χ1v) is 7.50. The van der Waals surface area contributed by atoms with Crippen molar-refractivity contribution in [1.29, 1.82) is 0 Å². The maximum absolute atomic E-state index is 6.35. The van der Waals surface area contributed by atoms with E-state index in [4.69, 9.17) is 17.3 Å². The zero-order valence-electron chi connectivity index (χ0n) is 11.5. The number of rotatable bonds is 2. The fraction of sp³-hybridized carbons (Fsp3) is 0.500. The molecule has 0 spiro atoms. The van der Waals surface area contributed by atoms with Crippen molar-refractivity contribution in [2.24, 2.45) is 12.8 Å². The number of fused-ring (bicyclic) bond motifs is 1. The molecule has 1 aromatic carbocycles. The van der Waals surface area contributed by atoms with E-state index in [1.54, 1.807) is 0 Å². The Labute approximate surface area is 119 Å². The minimum atomic E-state index is 0.155. The van der Waals surface area contributed by atoms with Gasteiger partial charge in [0.25, 0.3) is 0 Å². The van der Waals surface area contributed by atoms with Gasteiger partial charge in [-0.2, -0.15) is 0 Å². The second-order valence-corrected chi connectivity index (χ2v) is 6.24. The van der Waals surface area contributed by atoms with Crippen LogP contribution in [0.1, 0.15) is 37.7 Å². The lowest BCUT2D eigenvalue weighted by atomic mass is 9.69. The van der Waals surface area contributed by atoms with E-state index in [2.05, 4.69) is 23.9 Å². The molecule has 0 aliphatic heterocycles. The molecule has 2 aromatic rings. The van der Waals surface area contributed by atoms with Crippen LogP contribution in [0.15, 0.2) is 24.4 Å². The summed E-state index contributed by atoms with van der Waals surface area (Å²) < 4.78 is 2.15. The van der Waals surface area contributed by atoms with Crippen molar-refractivity contribution in [1.82, 2.24) is 4.57 Å². The Kier molecular flexibility index (Phi) is 3.32. The Morgan fingerprint density at radius 3 is 2.68 bits per heavy atom. The van der Waals surface area contributed by atoms with Gasteiger partial charge in [-0.3, -0.25) is 0 Å². The van der Waals surface area contributed by atoms with Crippen molar-refractivity contribution in [3.05, 3.63) is 35.0 Å². The maximum Gasteiger partial charge on any atom is 0.0670 e. The highest BCUT2D eigenvalue weighted by Gasteiger charge is 2.35. The van der Waals surface area contributed by atoms with Gasteiger partial charge in [0.1, 0.15) is 0 Å². The third-order valence-corrected chi connectivity index (χ3v) is 5.03. The van der Waals surface area contributed by atoms with Gasteiger partial charge in [0, 0.05) is 30.6 Å². The highest BCUT2D eigenvalue weighted by atomic mass is 35.5. The van der Waals surface area contributed by atoms with E-state index in [-0.39, 0.29) is 5.41 Å². The second-order valence-electron chi connectivity index (χ2n) is 5.83. The van der Waals surface area contributed by atoms with Crippen LogP contribution in [-0.4, -0.2) is 11.1 Å². The average Bonchev–Trinajstić information content (AvgIpc) is 2.79. The van der Waals surface area contributed by atoms with E-state index in [0.717, 1.165) is 17.1 Å². The quantitative estimate of drug-likeness (QED) is 0.883. The van der Waals surface area contributed by atoms with E-state index in [1.807, 2.05) is 12.1 Å². The van der Waals surface area contributed by atoms with E-state index in [9.17, 15) is 0 Å². The number of hydrogen-bond donors (Lipinski definition) is 1. The Bertz CT molecular complexity index is 594. The molecule has 0 atom stereocenters. The minimum Gasteiger partial charge on any atom is -0.349 e. The summed E-state index contributed by atoms with van der Waals surface area (Å²) >= 11 is 6.35. The maximum atomic E-state index is 6.35. The van der Waals surface area contributed by atoms with Crippen LogP contribution in [0.3, 0.4) is 0 Å². The summed E-state index contributed by atoms with van der Waals surface area (Å²) in [6.45, 7) is 0.735. The normalized spacial score (nSPS) is 18.9. The predicted octanol–water partition coefficient (Wildman–Crippen LogP) is 3.99. The highest BCUT2D eigenvalue weighted by Crippen LogP contribution is 2.43. The SMILES string of the molecule is Cn1cc(C2(CN)CCCCC2)c2cccc(Cl)c21. The molecule has 1 heterocycles. The Morgan fingerprint density at radius 2 is 2.00 bits per heavy atom. The van der Waals surface area contributed by atoms with E-state index in [0.29, 0.717) is 0 Å². The molecule has 0 radical (unpaired) electrons. The lowest BCUT2D eigenvalue weighted by Gasteiger charge is -2.36. The number of aromatic nitrogens is 1. The molecular weight excluding hydrogens is 256 g/mol. The van der Waals surface area contributed by atoms with Crippen molar-refractivity contribution in [2.75, 3.05) is 6.54 Å². The van der Waals surface area contributed by atoms with Crippen LogP contribution in [0.4, 0.5) is 0 Å². The van der Waals surface area contributed by atoms with Crippen LogP contribution in [0.25, 0.3) is 10.9 Å². The average molecular weight is 277 g/mol. The monoisotopic (exact) mass is 276 g/mol. The van der Waals surface area contributed by atoms with Crippen LogP contribution >= 0.6 is 11.6 Å². The topological polar surface area (TPSA) is 30.9 Å². The number of halogens is 1. The first-order chi connectivity index (χ1) is 9.18. The number of para-hydroxylation sites is 1. The van der Waals surface area contributed by atoms with Crippen LogP contribution in [0.5, 0.6) is 0 Å². The molecular formula is C16H21ClN2. The largest absolute Gasteiger partial charge is 0.349 e. The van der Waals surface area contributed by atoms with Gasteiger partial charge in [-0.15, -0.1) is 0 Å². The third kappa shape index (κ3) is 1.98. The van der Waals surface area contributed by atoms with E-state index >= 15 is 0 Å². The van der Waals surface area contributed by atoms with Gasteiger partial charge in [-0.1, -0.05) is 43.0 Å². The number of aryl methyl sites for hydroxylation is 1. The van der Waals surface area contributed by atoms with Gasteiger partial charge in [-0.05, 0) is 24.5 Å². The number of hydrogen-bond acceptors (Lipinski definition) is 1. The number of nitrogens with two attached hydrogens (primary N) is 1. The fourth-order valence-corrected chi connectivity index (χ4v) is 3.96. The van der Waals surface area contributed by atoms with Crippen LogP contribution in [0, 0.1) is 0 Å². The number of nitrogens with zero attached hydrogens (tertiary/aromatic N) is 1. The standard InChI is InChI=1S/C16H21ClN2/c1-19-10-13(12-6-5-7-14(17)15(12)19)16(11-18)8-3-2-4-9-16/h5-7,10H,2-4,8-9,11,18H2,1H3. The third-order valence-electron chi connectivity index (χ3n) is 4.73. The summed E-state index contributed by atoms with van der Waals surface area (Å²) in [5, 5.41) is 2.11. The van der Waals surface area contributed by atoms with Gasteiger partial charge in [-0.25, -0.2) is 0 Å². The first-order valence-electron chi connectivity index (χ1n) is 7.12. The summed E-state index contributed by atoms with van der Waals surface area (Å²) in [5.74, 6) is 0. The van der Waals surface area contributed by atoms with Crippen molar-refractivity contribution in [3.63, 3.8) is 0 Å². The van der Waals surface area contributed by atoms with Gasteiger partial charge >= 0.3 is 0 Å². The Balaban J connectivity index is 2.22. The molecule has 1 saturated carbocycles. The van der Waals surface area contributed by atoms with E-state index < -0.39 is 0 Å². The lowest BCUT2D eigenvalue weighted by Crippen LogP contribution is -2.37. The molecule has 1 aliphatic rings. The predicted molar refractivity (Wildman–Crippen MR) is 81.7 cm³/mol. The summed E-state index contributed by atoms with van der Waals surface area (Å²) in [7, 11) is 2.07. The molecule has 0 unspecified atom stereocenters. The van der Waals surface area contributed by atoms with Gasteiger partial charge < -0.3 is 10.3 Å². The Morgan fingerprint density at radius 1 is 1.26 bits per heavy atom. The Hall–Kier alpha value is -0.990. The summed E-state index contributed by atoms with van der Waals surface area (Å²) in [6.07, 6.45) is 8.56. The van der Waals surface area contributed by atoms with Crippen molar-refractivity contribution < 1.29 is 0 Å². The molecule has 102 valence electrons. The first kappa shape index (κ1) is 13.0. The summed E-state index contributed by atoms with van der Waals surface area (Å²) in [5.41, 5.74) is 8.86. The molecule has 3 rings (SSSR count). The zero-order valence-corrected chi connectivity index (χ0v) is 12.2. The van der Waals surface area contributed by atoms with Crippen molar-refractivity contribution in [2.45, 2.75) is 37.5 Å². The van der Waals surface area contributed by atoms with Gasteiger partial charge in [0.05, 0.1) is 10.5 Å². The molecule has 2 nitrogen and oxygen atoms in total. The molecule has 1 fully saturated rings. The number of benzene rings is 1. The summed E-state index contributed by atoms with van der Waals surface area (Å²) in [6, 6.07) is 6.19. The molecule has 0 saturated heterocycles. The highest BCUT2D eigenvalue weighted by molar-refractivity contribution is 6.35. The zero-order chi connectivity index (χ0) is 13.5. The van der Waals surface area contributed by atoms with Gasteiger partial charge in [0.2, 0.25) is 0 Å². The molecule has 3 heteroatoms. The fourth-order valence-electron chi connectivity index (χ4n) is 3.65. The van der Waals surface area contributed by atoms with Crippen molar-refractivity contribution in [3.8, 4) is 0 Å². The van der Waals surface area contributed by atoms with Crippen LogP contribution in [-0.2, 0) is 12.5 Å². The minimum absolute atomic E-state index is 0.155. The van der Waals surface area contributed by atoms with Gasteiger partial charge in [0.15, 0.2) is 0 Å².